The molecule has 704 valence electrons. The molecule has 37 heteroatoms. The van der Waals surface area contributed by atoms with E-state index in [1.165, 1.54) is 74.6 Å². The van der Waals surface area contributed by atoms with Crippen LogP contribution in [0.2, 0.25) is 0 Å². The summed E-state index contributed by atoms with van der Waals surface area (Å²) in [6, 6.07) is 66.8. The molecule has 0 radical (unpaired) electrons. The van der Waals surface area contributed by atoms with Gasteiger partial charge in [-0.2, -0.15) is 20.4 Å². The first-order chi connectivity index (χ1) is 69.2. The van der Waals surface area contributed by atoms with Crippen molar-refractivity contribution in [3.05, 3.63) is 404 Å². The minimum atomic E-state index is -2.11. The Labute approximate surface area is 807 Å². The Kier molecular flexibility index (Phi) is 28.4. The molecule has 20 aromatic rings. The maximum Gasteiger partial charge on any atom is 0.357 e. The zero-order valence-electron chi connectivity index (χ0n) is 75.8. The summed E-state index contributed by atoms with van der Waals surface area (Å²) in [5.74, 6) is -3.82. The molecule has 0 aliphatic carbocycles. The fraction of sp³-hybridized carbons (Fsp3) is 0.105. The van der Waals surface area contributed by atoms with Crippen molar-refractivity contribution in [2.45, 2.75) is 55.5 Å². The predicted octanol–water partition coefficient (Wildman–Crippen LogP) is 14.4. The molecule has 0 unspecified atom stereocenters. The molecule has 20 rings (SSSR count). The van der Waals surface area contributed by atoms with E-state index < -0.39 is 58.0 Å². The van der Waals surface area contributed by atoms with Gasteiger partial charge in [-0.05, 0) is 92.1 Å². The summed E-state index contributed by atoms with van der Waals surface area (Å²) in [5, 5.41) is 103. The molecule has 0 bridgehead atoms. The van der Waals surface area contributed by atoms with Crippen LogP contribution >= 0.6 is 0 Å². The molecule has 0 aliphatic rings. The number of unbranched alkanes of at least 4 members (excludes halogenated alkanes) is 1. The quantitative estimate of drug-likeness (QED) is 0.0213. The number of methoxy groups -OCH3 is 1. The van der Waals surface area contributed by atoms with Crippen LogP contribution in [0.3, 0.4) is 0 Å². The molecule has 0 saturated heterocycles. The number of carbonyl (C=O) groups is 6. The van der Waals surface area contributed by atoms with Crippen LogP contribution in [0, 0.1) is 0 Å². The van der Waals surface area contributed by atoms with Crippen LogP contribution in [-0.4, -0.2) is 175 Å². The first kappa shape index (κ1) is 94.8. The van der Waals surface area contributed by atoms with Gasteiger partial charge in [-0.15, -0.1) is 20.4 Å². The SMILES string of the molecule is CCCCc1ccc2nncc(-c3cncc(NC(=O)[C@@](O)(c4ccccc4)c4ncc[nH]4)c3)c2c1.CCOC(=O)c1ccc2nncc(-c3cncc(NC(=O)[C@@](O)(c4ccccc4)c4ncc[nH]4)c3)c2c1.COc1nnc2ccccc2c1-c1cncc(NC(=O)[C@@](O)(c2ccccc2)c2ncc[nH]2)c1.O=C(O)c1nnc2ccccc2c1-c1cncc(NC(=O)[C@@](O)(c2ccccc2)c2ncc[nH]2)c1. The fourth-order valence-corrected chi connectivity index (χ4v) is 16.0. The molecule has 4 atom stereocenters. The van der Waals surface area contributed by atoms with Crippen LogP contribution in [0.1, 0.15) is 98.7 Å². The normalized spacial score (nSPS) is 12.7. The molecular weight excluding hydrogens is 1810 g/mol. The molecule has 8 aromatic carbocycles. The summed E-state index contributed by atoms with van der Waals surface area (Å²) in [6.07, 6.45) is 30.9. The number of carbonyl (C=O) groups excluding carboxylic acids is 5. The second kappa shape index (κ2) is 42.5. The molecule has 0 fully saturated rings. The van der Waals surface area contributed by atoms with Crippen LogP contribution < -0.4 is 26.0 Å². The molecule has 0 spiro atoms. The number of benzene rings is 8. The zero-order valence-corrected chi connectivity index (χ0v) is 75.8. The molecule has 0 saturated carbocycles. The minimum Gasteiger partial charge on any atom is -0.479 e. The number of aromatic nitrogens is 20. The molecule has 12 heterocycles. The Bertz CT molecular complexity index is 7910. The van der Waals surface area contributed by atoms with Crippen LogP contribution in [0.25, 0.3) is 88.1 Å². The first-order valence-corrected chi connectivity index (χ1v) is 44.3. The van der Waals surface area contributed by atoms with Gasteiger partial charge in [0, 0.05) is 157 Å². The number of aromatic amines is 4. The second-order valence-corrected chi connectivity index (χ2v) is 32.0. The number of carboxylic acid groups (broad SMARTS) is 1. The van der Waals surface area contributed by atoms with E-state index in [0.717, 1.165) is 46.7 Å². The van der Waals surface area contributed by atoms with E-state index in [-0.39, 0.29) is 41.3 Å². The Morgan fingerprint density at radius 2 is 0.711 bits per heavy atom. The van der Waals surface area contributed by atoms with Crippen molar-refractivity contribution in [3.63, 3.8) is 0 Å². The number of fused-ring (bicyclic) bond motifs is 4. The lowest BCUT2D eigenvalue weighted by molar-refractivity contribution is -0.132. The van der Waals surface area contributed by atoms with E-state index in [0.29, 0.717) is 111 Å². The average molecular weight is 1890 g/mol. The van der Waals surface area contributed by atoms with E-state index in [4.69, 9.17) is 9.47 Å². The van der Waals surface area contributed by atoms with Crippen molar-refractivity contribution in [1.29, 1.82) is 0 Å². The highest BCUT2D eigenvalue weighted by Gasteiger charge is 2.47. The van der Waals surface area contributed by atoms with E-state index in [2.05, 4.69) is 141 Å². The maximum absolute atomic E-state index is 13.5. The monoisotopic (exact) mass is 1890 g/mol. The number of hydrogen-bond donors (Lipinski definition) is 13. The lowest BCUT2D eigenvalue weighted by Crippen LogP contribution is -2.42. The number of imidazole rings is 4. The van der Waals surface area contributed by atoms with Crippen molar-refractivity contribution in [1.82, 2.24) is 101 Å². The van der Waals surface area contributed by atoms with Crippen LogP contribution in [0.4, 0.5) is 22.7 Å². The highest BCUT2D eigenvalue weighted by molar-refractivity contribution is 6.08. The van der Waals surface area contributed by atoms with Crippen LogP contribution in [0.15, 0.2) is 342 Å². The van der Waals surface area contributed by atoms with Crippen LogP contribution in [0.5, 0.6) is 5.88 Å². The van der Waals surface area contributed by atoms with Crippen molar-refractivity contribution in [2.24, 2.45) is 0 Å². The van der Waals surface area contributed by atoms with Gasteiger partial charge in [0.05, 0.1) is 107 Å². The van der Waals surface area contributed by atoms with Gasteiger partial charge in [0.25, 0.3) is 23.6 Å². The Morgan fingerprint density at radius 1 is 0.359 bits per heavy atom. The first-order valence-electron chi connectivity index (χ1n) is 44.3. The summed E-state index contributed by atoms with van der Waals surface area (Å²) in [7, 11) is 1.52. The second-order valence-electron chi connectivity index (χ2n) is 32.0. The van der Waals surface area contributed by atoms with E-state index in [1.807, 2.05) is 42.5 Å². The third-order valence-electron chi connectivity index (χ3n) is 23.0. The number of pyridine rings is 4. The van der Waals surface area contributed by atoms with Crippen molar-refractivity contribution < 1.29 is 63.8 Å². The topological polar surface area (TPSA) is 540 Å². The van der Waals surface area contributed by atoms with Gasteiger partial charge in [-0.25, -0.2) is 29.5 Å². The summed E-state index contributed by atoms with van der Waals surface area (Å²) in [4.78, 5) is 123. The molecule has 4 amide bonds. The Hall–Kier alpha value is -19.0. The highest BCUT2D eigenvalue weighted by Crippen LogP contribution is 2.41. The van der Waals surface area contributed by atoms with Crippen molar-refractivity contribution >= 4 is 102 Å². The van der Waals surface area contributed by atoms with Gasteiger partial charge in [-0.3, -0.25) is 39.1 Å². The van der Waals surface area contributed by atoms with Gasteiger partial charge < -0.3 is 76.2 Å². The number of aliphatic hydroxyl groups is 4. The largest absolute Gasteiger partial charge is 0.479 e. The maximum atomic E-state index is 13.5. The molecule has 37 nitrogen and oxygen atoms in total. The molecule has 12 aromatic heterocycles. The number of rotatable bonds is 27. The van der Waals surface area contributed by atoms with E-state index >= 15 is 0 Å². The zero-order chi connectivity index (χ0) is 98.8. The number of amides is 4. The van der Waals surface area contributed by atoms with Crippen LogP contribution in [-0.2, 0) is 52.7 Å². The van der Waals surface area contributed by atoms with Gasteiger partial charge in [0.1, 0.15) is 0 Å². The third kappa shape index (κ3) is 19.9. The number of ether oxygens (including phenoxy) is 2. The van der Waals surface area contributed by atoms with Gasteiger partial charge in [-0.1, -0.05) is 177 Å². The third-order valence-corrected chi connectivity index (χ3v) is 23.0. The van der Waals surface area contributed by atoms with E-state index in [9.17, 15) is 54.3 Å². The van der Waals surface area contributed by atoms with E-state index in [1.54, 1.807) is 232 Å². The lowest BCUT2D eigenvalue weighted by atomic mass is 9.91. The summed E-state index contributed by atoms with van der Waals surface area (Å²) in [5.41, 5.74) is 3.57. The van der Waals surface area contributed by atoms with Gasteiger partial charge >= 0.3 is 11.9 Å². The molecule has 13 N–H and O–H groups in total. The van der Waals surface area contributed by atoms with Gasteiger partial charge in [0.15, 0.2) is 29.0 Å². The Morgan fingerprint density at radius 3 is 1.09 bits per heavy atom. The lowest BCUT2D eigenvalue weighted by Gasteiger charge is -2.25. The summed E-state index contributed by atoms with van der Waals surface area (Å²) >= 11 is 0. The summed E-state index contributed by atoms with van der Waals surface area (Å²) < 4.78 is 10.6. The smallest absolute Gasteiger partial charge is 0.357 e. The van der Waals surface area contributed by atoms with Gasteiger partial charge in [0.2, 0.25) is 28.3 Å². The van der Waals surface area contributed by atoms with Crippen molar-refractivity contribution in [2.75, 3.05) is 35.0 Å². The number of nitrogens with one attached hydrogen (secondary N) is 8. The molecular formula is C105H86N24O13. The highest BCUT2D eigenvalue weighted by atomic mass is 16.5. The molecule has 142 heavy (non-hydrogen) atoms. The average Bonchev–Trinajstić information content (AvgIpc) is 1.14. The standard InChI is InChI=1S/C28H26N6O2.C27H22N6O4.C25H18N6O4.C25H20N6O3/c1-2-3-7-19-10-11-25-23(14-19)24(18-32-34-25)20-15-22(17-29-16-20)33-27(35)28(36,26-30-12-13-31-26)21-8-5-4-6-9-21;1-2-37-24(34)17-8-9-23-21(13-17)22(16-31-33-23)18-12-20(15-28-14-18)32-26(35)27(36,25-29-10-11-30-25)19-6-4-3-5-7-19;32-22(33)21-20(18-8-4-5-9-19(18)30-31-21)15-12-17(14-26-13-15)29-24(34)25(35,23-27-10-11-28-23)16-6-2-1-3-7-16;1-34-22-21(19-9-5-6-10-20(19)30-31-22)16-13-18(15-26-14-16)29-24(32)25(33,23-27-11-12-28-23)17-7-3-2-4-8-17/h4-6,8-18,36H,2-3,7H2,1H3,(H,30,31)(H,33,35);3-16,36H,2H2,1H3,(H,29,30)(H,32,35);1-14,35H,(H,27,28)(H,29,34)(H,32,33);2-15,33H,1H3,(H,27,28)(H,29,32)/t28-;27-;2*25-/m1111/s1. The van der Waals surface area contributed by atoms with Crippen molar-refractivity contribution in [3.8, 4) is 50.4 Å². The number of aryl methyl sites for hydroxylation is 1. The number of hydrogen-bond acceptors (Lipinski definition) is 28. The number of nitrogens with zero attached hydrogens (tertiary/aromatic N) is 16. The summed E-state index contributed by atoms with van der Waals surface area (Å²) in [6.45, 7) is 4.18. The number of esters is 1. The molecule has 0 aliphatic heterocycles. The predicted molar refractivity (Wildman–Crippen MR) is 526 cm³/mol. The minimum absolute atomic E-state index is 0.0443. The fourth-order valence-electron chi connectivity index (χ4n) is 16.0. The number of aromatic carboxylic acids is 1. The number of carboxylic acids is 1. The number of H-pyrrole nitrogens is 4. The Balaban J connectivity index is 0.000000130. The number of anilines is 4.